The molecular weight excluding hydrogens is 288 g/mol. The van der Waals surface area contributed by atoms with Gasteiger partial charge in [-0.15, -0.1) is 0 Å². The molecule has 1 aliphatic heterocycles. The number of carbonyl (C=O) groups is 1. The number of amides is 2. The van der Waals surface area contributed by atoms with Gasteiger partial charge in [0.25, 0.3) is 0 Å². The molecule has 0 radical (unpaired) electrons. The second-order valence-corrected chi connectivity index (χ2v) is 6.78. The summed E-state index contributed by atoms with van der Waals surface area (Å²) in [5.41, 5.74) is 2.02. The molecule has 2 amide bonds. The number of fused-ring (bicyclic) bond motifs is 1. The summed E-state index contributed by atoms with van der Waals surface area (Å²) >= 11 is 0. The number of hydrogen-bond acceptors (Lipinski definition) is 2. The van der Waals surface area contributed by atoms with Gasteiger partial charge in [-0.1, -0.05) is 31.4 Å². The average Bonchev–Trinajstić information content (AvgIpc) is 3.22. The number of rotatable bonds is 2. The number of hydrogen-bond donors (Lipinski definition) is 2. The Balaban J connectivity index is 1.50. The molecule has 2 fully saturated rings. The standard InChI is InChI=1S/C18H24N4O/c23-18(19-13-7-2-1-3-8-13)22-12-6-11-16(22)17-20-14-9-4-5-10-15(14)21-17/h4-5,9-10,13,16H,1-3,6-8,11-12H2,(H,19,23)(H,20,21). The van der Waals surface area contributed by atoms with Crippen LogP contribution in [-0.2, 0) is 0 Å². The van der Waals surface area contributed by atoms with Gasteiger partial charge in [0, 0.05) is 12.6 Å². The van der Waals surface area contributed by atoms with Crippen LogP contribution in [0.5, 0.6) is 0 Å². The van der Waals surface area contributed by atoms with Gasteiger partial charge in [-0.3, -0.25) is 0 Å². The molecule has 23 heavy (non-hydrogen) atoms. The highest BCUT2D eigenvalue weighted by molar-refractivity contribution is 5.77. The van der Waals surface area contributed by atoms with Crippen molar-refractivity contribution >= 4 is 17.1 Å². The highest BCUT2D eigenvalue weighted by Gasteiger charge is 2.33. The number of carbonyl (C=O) groups excluding carboxylic acids is 1. The zero-order chi connectivity index (χ0) is 15.6. The Bertz CT molecular complexity index is 656. The summed E-state index contributed by atoms with van der Waals surface area (Å²) in [6, 6.07) is 8.56. The molecule has 1 saturated heterocycles. The van der Waals surface area contributed by atoms with Crippen molar-refractivity contribution in [3.05, 3.63) is 30.1 Å². The molecule has 5 heteroatoms. The van der Waals surface area contributed by atoms with E-state index in [9.17, 15) is 4.79 Å². The predicted octanol–water partition coefficient (Wildman–Crippen LogP) is 3.74. The van der Waals surface area contributed by atoms with Crippen LogP contribution in [0.1, 0.15) is 56.8 Å². The number of nitrogens with one attached hydrogen (secondary N) is 2. The minimum absolute atomic E-state index is 0.0750. The first-order valence-electron chi connectivity index (χ1n) is 8.83. The van der Waals surface area contributed by atoms with Crippen LogP contribution in [0, 0.1) is 0 Å². The van der Waals surface area contributed by atoms with Crippen molar-refractivity contribution in [2.24, 2.45) is 0 Å². The zero-order valence-corrected chi connectivity index (χ0v) is 13.4. The third-order valence-corrected chi connectivity index (χ3v) is 5.17. The molecule has 1 saturated carbocycles. The SMILES string of the molecule is O=C(NC1CCCCC1)N1CCCC1c1nc2ccccc2[nH]1. The van der Waals surface area contributed by atoms with Gasteiger partial charge in [-0.25, -0.2) is 9.78 Å². The molecule has 5 nitrogen and oxygen atoms in total. The van der Waals surface area contributed by atoms with Crippen LogP contribution in [0.25, 0.3) is 11.0 Å². The van der Waals surface area contributed by atoms with Crippen LogP contribution in [0.3, 0.4) is 0 Å². The first kappa shape index (κ1) is 14.5. The summed E-state index contributed by atoms with van der Waals surface area (Å²) in [4.78, 5) is 22.7. The number of imidazole rings is 1. The first-order valence-corrected chi connectivity index (χ1v) is 8.83. The third-order valence-electron chi connectivity index (χ3n) is 5.17. The van der Waals surface area contributed by atoms with E-state index in [0.29, 0.717) is 6.04 Å². The molecule has 1 aromatic heterocycles. The summed E-state index contributed by atoms with van der Waals surface area (Å²) in [5, 5.41) is 3.24. The average molecular weight is 312 g/mol. The van der Waals surface area contributed by atoms with Gasteiger partial charge in [0.1, 0.15) is 5.82 Å². The van der Waals surface area contributed by atoms with Crippen LogP contribution >= 0.6 is 0 Å². The highest BCUT2D eigenvalue weighted by atomic mass is 16.2. The van der Waals surface area contributed by atoms with E-state index >= 15 is 0 Å². The van der Waals surface area contributed by atoms with Gasteiger partial charge in [-0.05, 0) is 37.8 Å². The van der Waals surface area contributed by atoms with E-state index in [1.807, 2.05) is 29.2 Å². The number of nitrogens with zero attached hydrogens (tertiary/aromatic N) is 2. The molecule has 2 N–H and O–H groups in total. The van der Waals surface area contributed by atoms with Gasteiger partial charge in [-0.2, -0.15) is 0 Å². The van der Waals surface area contributed by atoms with Gasteiger partial charge >= 0.3 is 6.03 Å². The maximum atomic E-state index is 12.7. The molecule has 2 aliphatic rings. The number of aromatic amines is 1. The van der Waals surface area contributed by atoms with Crippen molar-refractivity contribution in [1.82, 2.24) is 20.2 Å². The molecule has 2 aromatic rings. The number of H-pyrrole nitrogens is 1. The number of aromatic nitrogens is 2. The molecule has 1 aromatic carbocycles. The third kappa shape index (κ3) is 2.92. The Morgan fingerprint density at radius 2 is 1.96 bits per heavy atom. The second kappa shape index (κ2) is 6.22. The van der Waals surface area contributed by atoms with Gasteiger partial charge < -0.3 is 15.2 Å². The lowest BCUT2D eigenvalue weighted by atomic mass is 9.96. The van der Waals surface area contributed by atoms with E-state index in [1.54, 1.807) is 0 Å². The smallest absolute Gasteiger partial charge is 0.318 e. The largest absolute Gasteiger partial charge is 0.340 e. The van der Waals surface area contributed by atoms with E-state index in [1.165, 1.54) is 19.3 Å². The lowest BCUT2D eigenvalue weighted by Gasteiger charge is -2.28. The van der Waals surface area contributed by atoms with Crippen molar-refractivity contribution in [3.8, 4) is 0 Å². The fourth-order valence-electron chi connectivity index (χ4n) is 3.93. The lowest BCUT2D eigenvalue weighted by Crippen LogP contribution is -2.45. The molecule has 0 bridgehead atoms. The van der Waals surface area contributed by atoms with Gasteiger partial charge in [0.05, 0.1) is 17.1 Å². The normalized spacial score (nSPS) is 22.6. The van der Waals surface area contributed by atoms with Crippen LogP contribution in [0.15, 0.2) is 24.3 Å². The number of urea groups is 1. The highest BCUT2D eigenvalue weighted by Crippen LogP contribution is 2.31. The number of para-hydroxylation sites is 2. The van der Waals surface area contributed by atoms with Crippen molar-refractivity contribution in [1.29, 1.82) is 0 Å². The van der Waals surface area contributed by atoms with Crippen molar-refractivity contribution < 1.29 is 4.79 Å². The Labute approximate surface area is 136 Å². The van der Waals surface area contributed by atoms with Crippen molar-refractivity contribution in [3.63, 3.8) is 0 Å². The van der Waals surface area contributed by atoms with Crippen LogP contribution in [0.4, 0.5) is 4.79 Å². The summed E-state index contributed by atoms with van der Waals surface area (Å²) in [5.74, 6) is 0.919. The second-order valence-electron chi connectivity index (χ2n) is 6.78. The molecule has 2 heterocycles. The summed E-state index contributed by atoms with van der Waals surface area (Å²) in [7, 11) is 0. The predicted molar refractivity (Wildman–Crippen MR) is 90.2 cm³/mol. The van der Waals surface area contributed by atoms with Crippen LogP contribution in [-0.4, -0.2) is 33.5 Å². The van der Waals surface area contributed by atoms with Gasteiger partial charge in [0.15, 0.2) is 0 Å². The summed E-state index contributed by atoms with van der Waals surface area (Å²) in [6.45, 7) is 0.820. The minimum Gasteiger partial charge on any atom is -0.340 e. The molecule has 1 atom stereocenters. The molecule has 0 spiro atoms. The van der Waals surface area contributed by atoms with Crippen LogP contribution < -0.4 is 5.32 Å². The maximum Gasteiger partial charge on any atom is 0.318 e. The Morgan fingerprint density at radius 1 is 1.13 bits per heavy atom. The maximum absolute atomic E-state index is 12.7. The summed E-state index contributed by atoms with van der Waals surface area (Å²) < 4.78 is 0. The number of likely N-dealkylation sites (tertiary alicyclic amines) is 1. The Hall–Kier alpha value is -2.04. The van der Waals surface area contributed by atoms with Crippen LogP contribution in [0.2, 0.25) is 0 Å². The fraction of sp³-hybridized carbons (Fsp3) is 0.556. The van der Waals surface area contributed by atoms with Gasteiger partial charge in [0.2, 0.25) is 0 Å². The molecule has 4 rings (SSSR count). The first-order chi connectivity index (χ1) is 11.3. The summed E-state index contributed by atoms with van der Waals surface area (Å²) in [6.07, 6.45) is 8.04. The Morgan fingerprint density at radius 3 is 2.78 bits per heavy atom. The quantitative estimate of drug-likeness (QED) is 0.887. The topological polar surface area (TPSA) is 61.0 Å². The monoisotopic (exact) mass is 312 g/mol. The molecule has 1 unspecified atom stereocenters. The van der Waals surface area contributed by atoms with E-state index in [-0.39, 0.29) is 12.1 Å². The van der Waals surface area contributed by atoms with Crippen molar-refractivity contribution in [2.45, 2.75) is 57.0 Å². The molecular formula is C18H24N4O. The molecule has 1 aliphatic carbocycles. The molecule has 122 valence electrons. The van der Waals surface area contributed by atoms with E-state index in [2.05, 4.69) is 10.3 Å². The Kier molecular flexibility index (Phi) is 3.93. The van der Waals surface area contributed by atoms with E-state index in [4.69, 9.17) is 4.98 Å². The lowest BCUT2D eigenvalue weighted by molar-refractivity contribution is 0.183. The van der Waals surface area contributed by atoms with E-state index in [0.717, 1.165) is 49.1 Å². The number of benzene rings is 1. The minimum atomic E-state index is 0.0750. The van der Waals surface area contributed by atoms with Crippen molar-refractivity contribution in [2.75, 3.05) is 6.54 Å². The van der Waals surface area contributed by atoms with E-state index < -0.39 is 0 Å². The zero-order valence-electron chi connectivity index (χ0n) is 13.4. The fourth-order valence-corrected chi connectivity index (χ4v) is 3.93.